The second-order valence-corrected chi connectivity index (χ2v) is 7.80. The molecule has 0 aromatic heterocycles. The van der Waals surface area contributed by atoms with Crippen LogP contribution < -0.4 is 10.6 Å². The van der Waals surface area contributed by atoms with Crippen LogP contribution in [0.15, 0.2) is 24.3 Å². The molecule has 0 spiro atoms. The SMILES string of the molecule is CN1CCN(CC(=O)N2CCNC(=O)[C@H]2CC(=O)Nc2cccc(C(F)(F)F)c2)CC1. The van der Waals surface area contributed by atoms with Crippen LogP contribution in [-0.2, 0) is 20.6 Å². The molecule has 2 N–H and O–H groups in total. The molecule has 11 heteroatoms. The van der Waals surface area contributed by atoms with E-state index in [1.165, 1.54) is 17.0 Å². The Morgan fingerprint density at radius 2 is 1.87 bits per heavy atom. The molecule has 0 unspecified atom stereocenters. The minimum atomic E-state index is -4.53. The number of nitrogens with zero attached hydrogens (tertiary/aromatic N) is 3. The van der Waals surface area contributed by atoms with Crippen LogP contribution in [0.3, 0.4) is 0 Å². The van der Waals surface area contributed by atoms with Gasteiger partial charge in [0, 0.05) is 45.0 Å². The number of hydrogen-bond donors (Lipinski definition) is 2. The third kappa shape index (κ3) is 6.17. The van der Waals surface area contributed by atoms with E-state index in [9.17, 15) is 27.6 Å². The number of carbonyl (C=O) groups is 3. The largest absolute Gasteiger partial charge is 0.416 e. The Balaban J connectivity index is 1.62. The molecule has 0 aliphatic carbocycles. The number of piperazine rings is 2. The lowest BCUT2D eigenvalue weighted by atomic mass is 10.1. The summed E-state index contributed by atoms with van der Waals surface area (Å²) in [6.07, 6.45) is -4.87. The van der Waals surface area contributed by atoms with Crippen LogP contribution in [0, 0.1) is 0 Å². The fourth-order valence-corrected chi connectivity index (χ4v) is 3.67. The molecule has 2 saturated heterocycles. The molecular formula is C20H26F3N5O3. The second kappa shape index (κ2) is 9.65. The number of carbonyl (C=O) groups excluding carboxylic acids is 3. The number of amides is 3. The molecule has 8 nitrogen and oxygen atoms in total. The van der Waals surface area contributed by atoms with Crippen LogP contribution in [0.1, 0.15) is 12.0 Å². The molecule has 1 aromatic rings. The van der Waals surface area contributed by atoms with E-state index in [4.69, 9.17) is 0 Å². The highest BCUT2D eigenvalue weighted by atomic mass is 19.4. The van der Waals surface area contributed by atoms with Crippen molar-refractivity contribution in [1.82, 2.24) is 20.0 Å². The topological polar surface area (TPSA) is 85.0 Å². The third-order valence-corrected chi connectivity index (χ3v) is 5.46. The van der Waals surface area contributed by atoms with E-state index in [1.54, 1.807) is 0 Å². The van der Waals surface area contributed by atoms with Crippen LogP contribution in [0.2, 0.25) is 0 Å². The molecule has 0 saturated carbocycles. The van der Waals surface area contributed by atoms with Crippen molar-refractivity contribution in [2.24, 2.45) is 0 Å². The Bertz CT molecular complexity index is 825. The minimum absolute atomic E-state index is 0.0219. The summed E-state index contributed by atoms with van der Waals surface area (Å²) >= 11 is 0. The van der Waals surface area contributed by atoms with Crippen molar-refractivity contribution in [2.75, 3.05) is 58.2 Å². The molecule has 3 amide bonds. The monoisotopic (exact) mass is 441 g/mol. The zero-order valence-electron chi connectivity index (χ0n) is 17.2. The number of halogens is 3. The average Bonchev–Trinajstić information content (AvgIpc) is 2.70. The summed E-state index contributed by atoms with van der Waals surface area (Å²) < 4.78 is 38.6. The van der Waals surface area contributed by atoms with Crippen molar-refractivity contribution in [3.8, 4) is 0 Å². The van der Waals surface area contributed by atoms with Gasteiger partial charge in [-0.3, -0.25) is 19.3 Å². The first-order valence-electron chi connectivity index (χ1n) is 10.1. The molecule has 2 aliphatic heterocycles. The first-order valence-corrected chi connectivity index (χ1v) is 10.1. The fourth-order valence-electron chi connectivity index (χ4n) is 3.67. The maximum atomic E-state index is 12.9. The fraction of sp³-hybridized carbons (Fsp3) is 0.550. The number of hydrogen-bond acceptors (Lipinski definition) is 5. The van der Waals surface area contributed by atoms with Crippen LogP contribution in [0.4, 0.5) is 18.9 Å². The Kier molecular flexibility index (Phi) is 7.16. The molecule has 2 heterocycles. The molecule has 170 valence electrons. The Labute approximate surface area is 178 Å². The first kappa shape index (κ1) is 23.0. The van der Waals surface area contributed by atoms with Gasteiger partial charge in [0.15, 0.2) is 0 Å². The van der Waals surface area contributed by atoms with Gasteiger partial charge in [0.2, 0.25) is 17.7 Å². The Morgan fingerprint density at radius 3 is 2.55 bits per heavy atom. The zero-order valence-corrected chi connectivity index (χ0v) is 17.2. The maximum Gasteiger partial charge on any atom is 0.416 e. The van der Waals surface area contributed by atoms with Gasteiger partial charge in [-0.15, -0.1) is 0 Å². The highest BCUT2D eigenvalue weighted by Gasteiger charge is 2.35. The number of likely N-dealkylation sites (N-methyl/N-ethyl adjacent to an activating group) is 1. The number of anilines is 1. The van der Waals surface area contributed by atoms with Crippen LogP contribution in [0.5, 0.6) is 0 Å². The summed E-state index contributed by atoms with van der Waals surface area (Å²) in [6.45, 7) is 3.89. The number of nitrogens with one attached hydrogen (secondary N) is 2. The summed E-state index contributed by atoms with van der Waals surface area (Å²) in [7, 11) is 2.01. The van der Waals surface area contributed by atoms with E-state index in [1.807, 2.05) is 11.9 Å². The molecular weight excluding hydrogens is 415 g/mol. The molecule has 31 heavy (non-hydrogen) atoms. The lowest BCUT2D eigenvalue weighted by Gasteiger charge is -2.37. The van der Waals surface area contributed by atoms with Crippen molar-refractivity contribution < 1.29 is 27.6 Å². The van der Waals surface area contributed by atoms with Gasteiger partial charge in [-0.2, -0.15) is 13.2 Å². The standard InChI is InChI=1S/C20H26F3N5O3/c1-26-7-9-27(10-8-26)13-18(30)28-6-5-24-19(31)16(28)12-17(29)25-15-4-2-3-14(11-15)20(21,22)23/h2-4,11,16H,5-10,12-13H2,1H3,(H,24,31)(H,25,29)/t16-/m1/s1. The predicted molar refractivity (Wildman–Crippen MR) is 107 cm³/mol. The maximum absolute atomic E-state index is 12.9. The normalized spacial score (nSPS) is 21.0. The summed E-state index contributed by atoms with van der Waals surface area (Å²) in [5, 5.41) is 5.04. The van der Waals surface area contributed by atoms with Crippen molar-refractivity contribution in [3.63, 3.8) is 0 Å². The van der Waals surface area contributed by atoms with E-state index in [0.29, 0.717) is 6.54 Å². The van der Waals surface area contributed by atoms with Gasteiger partial charge in [-0.25, -0.2) is 0 Å². The van der Waals surface area contributed by atoms with Gasteiger partial charge < -0.3 is 20.4 Å². The lowest BCUT2D eigenvalue weighted by Crippen LogP contribution is -2.60. The molecule has 1 aromatic carbocycles. The quantitative estimate of drug-likeness (QED) is 0.700. The van der Waals surface area contributed by atoms with Crippen molar-refractivity contribution >= 4 is 23.4 Å². The number of benzene rings is 1. The summed E-state index contributed by atoms with van der Waals surface area (Å²) in [4.78, 5) is 43.2. The predicted octanol–water partition coefficient (Wildman–Crippen LogP) is 0.608. The number of alkyl halides is 3. The molecule has 1 atom stereocenters. The summed E-state index contributed by atoms with van der Waals surface area (Å²) in [6, 6.07) is 3.26. The number of rotatable bonds is 5. The lowest BCUT2D eigenvalue weighted by molar-refractivity contribution is -0.145. The minimum Gasteiger partial charge on any atom is -0.353 e. The van der Waals surface area contributed by atoms with Gasteiger partial charge in [0.25, 0.3) is 0 Å². The van der Waals surface area contributed by atoms with E-state index in [0.717, 1.165) is 38.3 Å². The third-order valence-electron chi connectivity index (χ3n) is 5.46. The first-order chi connectivity index (χ1) is 14.6. The van der Waals surface area contributed by atoms with Crippen molar-refractivity contribution in [2.45, 2.75) is 18.6 Å². The van der Waals surface area contributed by atoms with Crippen LogP contribution in [0.25, 0.3) is 0 Å². The average molecular weight is 441 g/mol. The molecule has 3 rings (SSSR count). The van der Waals surface area contributed by atoms with Crippen molar-refractivity contribution in [1.29, 1.82) is 0 Å². The van der Waals surface area contributed by atoms with E-state index < -0.39 is 29.6 Å². The summed E-state index contributed by atoms with van der Waals surface area (Å²) in [5.74, 6) is -1.33. The highest BCUT2D eigenvalue weighted by molar-refractivity contribution is 5.97. The van der Waals surface area contributed by atoms with Crippen LogP contribution >= 0.6 is 0 Å². The molecule has 0 bridgehead atoms. The van der Waals surface area contributed by atoms with E-state index >= 15 is 0 Å². The highest BCUT2D eigenvalue weighted by Crippen LogP contribution is 2.30. The smallest absolute Gasteiger partial charge is 0.353 e. The zero-order chi connectivity index (χ0) is 22.6. The van der Waals surface area contributed by atoms with Gasteiger partial charge >= 0.3 is 6.18 Å². The van der Waals surface area contributed by atoms with Gasteiger partial charge in [0.1, 0.15) is 6.04 Å². The van der Waals surface area contributed by atoms with E-state index in [2.05, 4.69) is 15.5 Å². The Hall–Kier alpha value is -2.66. The summed E-state index contributed by atoms with van der Waals surface area (Å²) in [5.41, 5.74) is -0.906. The van der Waals surface area contributed by atoms with Gasteiger partial charge in [0.05, 0.1) is 18.5 Å². The van der Waals surface area contributed by atoms with Gasteiger partial charge in [-0.1, -0.05) is 6.07 Å². The van der Waals surface area contributed by atoms with Crippen LogP contribution in [-0.4, -0.2) is 91.3 Å². The molecule has 0 radical (unpaired) electrons. The van der Waals surface area contributed by atoms with Gasteiger partial charge in [-0.05, 0) is 25.2 Å². The van der Waals surface area contributed by atoms with E-state index in [-0.39, 0.29) is 31.1 Å². The van der Waals surface area contributed by atoms with Crippen molar-refractivity contribution in [3.05, 3.63) is 29.8 Å². The molecule has 2 fully saturated rings. The second-order valence-electron chi connectivity index (χ2n) is 7.80. The molecule has 2 aliphatic rings. The Morgan fingerprint density at radius 1 is 1.16 bits per heavy atom.